The number of benzene rings is 1. The molecule has 2 heterocycles. The molecule has 0 aliphatic carbocycles. The second-order valence-corrected chi connectivity index (χ2v) is 4.67. The van der Waals surface area contributed by atoms with Crippen molar-refractivity contribution in [3.05, 3.63) is 36.4 Å². The van der Waals surface area contributed by atoms with E-state index in [4.69, 9.17) is 0 Å². The molecule has 0 aromatic heterocycles. The minimum atomic E-state index is 0.742. The zero-order valence-corrected chi connectivity index (χ0v) is 9.05. The second kappa shape index (κ2) is 3.62. The molecular weight excluding hydrogens is 184 g/mol. The summed E-state index contributed by atoms with van der Waals surface area (Å²) in [4.78, 5) is 1.33. The van der Waals surface area contributed by atoms with Gasteiger partial charge in [-0.05, 0) is 30.5 Å². The molecule has 15 heavy (non-hydrogen) atoms. The minimum Gasteiger partial charge on any atom is -0.434 e. The second-order valence-electron chi connectivity index (χ2n) is 4.67. The van der Waals surface area contributed by atoms with Crippen molar-refractivity contribution in [2.45, 2.75) is 18.8 Å². The molecule has 1 aromatic carbocycles. The van der Waals surface area contributed by atoms with E-state index in [1.54, 1.807) is 11.1 Å². The van der Waals surface area contributed by atoms with Gasteiger partial charge in [0.25, 0.3) is 0 Å². The maximum absolute atomic E-state index is 4.15. The first-order valence-electron chi connectivity index (χ1n) is 5.87. The van der Waals surface area contributed by atoms with Crippen molar-refractivity contribution in [2.24, 2.45) is 0 Å². The zero-order chi connectivity index (χ0) is 10.3. The lowest BCUT2D eigenvalue weighted by atomic mass is 9.92. The average molecular weight is 202 g/mol. The van der Waals surface area contributed by atoms with E-state index in [1.165, 1.54) is 30.0 Å². The van der Waals surface area contributed by atoms with Crippen LogP contribution in [-0.2, 0) is 6.42 Å². The Hall–Kier alpha value is -0.860. The van der Waals surface area contributed by atoms with Crippen LogP contribution < -0.4 is 10.2 Å². The Kier molecular flexibility index (Phi) is 2.26. The molecule has 80 valence electrons. The van der Waals surface area contributed by atoms with Gasteiger partial charge in [-0.15, -0.1) is 7.05 Å². The smallest absolute Gasteiger partial charge is 0.108 e. The summed E-state index contributed by atoms with van der Waals surface area (Å²) in [6.45, 7) is 3.49. The van der Waals surface area contributed by atoms with Gasteiger partial charge in [0.15, 0.2) is 0 Å². The maximum Gasteiger partial charge on any atom is 0.108 e. The number of hydrogen-bond acceptors (Lipinski definition) is 1. The van der Waals surface area contributed by atoms with E-state index in [1.807, 2.05) is 0 Å². The number of hydrogen-bond donors (Lipinski definition) is 2. The fourth-order valence-corrected chi connectivity index (χ4v) is 2.93. The summed E-state index contributed by atoms with van der Waals surface area (Å²) in [6, 6.07) is 6.74. The van der Waals surface area contributed by atoms with Crippen LogP contribution in [0.5, 0.6) is 0 Å². The van der Waals surface area contributed by atoms with Gasteiger partial charge in [-0.2, -0.15) is 0 Å². The Morgan fingerprint density at radius 1 is 1.40 bits per heavy atom. The predicted molar refractivity (Wildman–Crippen MR) is 61.2 cm³/mol. The van der Waals surface area contributed by atoms with Crippen molar-refractivity contribution in [1.29, 1.82) is 0 Å². The molecular formula is C13H18N2. The molecule has 2 N–H and O–H groups in total. The van der Waals surface area contributed by atoms with E-state index >= 15 is 0 Å². The third-order valence-corrected chi connectivity index (χ3v) is 3.77. The normalized spacial score (nSPS) is 29.4. The summed E-state index contributed by atoms with van der Waals surface area (Å²) in [6.07, 6.45) is 2.50. The molecule has 0 radical (unpaired) electrons. The van der Waals surface area contributed by atoms with E-state index in [0.717, 1.165) is 19.0 Å². The van der Waals surface area contributed by atoms with E-state index in [9.17, 15) is 0 Å². The molecule has 2 nitrogen and oxygen atoms in total. The Labute approximate surface area is 91.3 Å². The Morgan fingerprint density at radius 3 is 3.13 bits per heavy atom. The van der Waals surface area contributed by atoms with Gasteiger partial charge in [0.05, 0.1) is 6.54 Å². The van der Waals surface area contributed by atoms with Crippen molar-refractivity contribution < 1.29 is 4.90 Å². The van der Waals surface area contributed by atoms with Crippen LogP contribution in [0, 0.1) is 7.05 Å². The minimum absolute atomic E-state index is 0.742. The molecule has 2 aliphatic rings. The van der Waals surface area contributed by atoms with Crippen molar-refractivity contribution in [2.75, 3.05) is 19.6 Å². The third kappa shape index (κ3) is 1.48. The summed E-state index contributed by atoms with van der Waals surface area (Å²) in [7, 11) is 4.15. The van der Waals surface area contributed by atoms with Crippen LogP contribution in [-0.4, -0.2) is 19.6 Å². The summed E-state index contributed by atoms with van der Waals surface area (Å²) in [5.41, 5.74) is 4.59. The molecule has 2 heteroatoms. The highest BCUT2D eigenvalue weighted by Gasteiger charge is 2.25. The van der Waals surface area contributed by atoms with Crippen molar-refractivity contribution in [1.82, 2.24) is 5.32 Å². The Balaban J connectivity index is 2.01. The van der Waals surface area contributed by atoms with Crippen LogP contribution in [0.2, 0.25) is 0 Å². The van der Waals surface area contributed by atoms with Crippen molar-refractivity contribution in [3.8, 4) is 0 Å². The van der Waals surface area contributed by atoms with E-state index in [-0.39, 0.29) is 0 Å². The van der Waals surface area contributed by atoms with Gasteiger partial charge in [0, 0.05) is 18.5 Å². The molecule has 1 aromatic rings. The molecule has 0 saturated carbocycles. The van der Waals surface area contributed by atoms with Crippen LogP contribution in [0.3, 0.4) is 0 Å². The average Bonchev–Trinajstić information content (AvgIpc) is 2.88. The lowest BCUT2D eigenvalue weighted by Gasteiger charge is -2.16. The van der Waals surface area contributed by atoms with Gasteiger partial charge in [-0.3, -0.25) is 0 Å². The summed E-state index contributed by atoms with van der Waals surface area (Å²) < 4.78 is 0. The molecule has 0 amide bonds. The topological polar surface area (TPSA) is 16.5 Å². The fourth-order valence-electron chi connectivity index (χ4n) is 2.93. The maximum atomic E-state index is 4.15. The lowest BCUT2D eigenvalue weighted by Crippen LogP contribution is -3.00. The lowest BCUT2D eigenvalue weighted by molar-refractivity contribution is -0.775. The van der Waals surface area contributed by atoms with E-state index < -0.39 is 0 Å². The number of quaternary nitrogens is 1. The summed E-state index contributed by atoms with van der Waals surface area (Å²) >= 11 is 0. The van der Waals surface area contributed by atoms with Gasteiger partial charge < -0.3 is 10.2 Å². The van der Waals surface area contributed by atoms with Gasteiger partial charge in [-0.1, -0.05) is 12.1 Å². The first kappa shape index (κ1) is 9.37. The van der Waals surface area contributed by atoms with Crippen LogP contribution in [0.25, 0.3) is 0 Å². The molecule has 0 spiro atoms. The first-order chi connectivity index (χ1) is 7.36. The SMILES string of the molecule is [CH2-][NH+]1CCc2c(C3CCNC3)cccc21. The standard InChI is InChI=1S/C13H18N2/c1-15-8-6-12-11(3-2-4-13(12)15)10-5-7-14-9-10/h2-4,10,14-15H,1,5-9H2. The molecule has 2 aliphatic heterocycles. The van der Waals surface area contributed by atoms with Gasteiger partial charge >= 0.3 is 0 Å². The summed E-state index contributed by atoms with van der Waals surface area (Å²) in [5, 5.41) is 3.45. The first-order valence-corrected chi connectivity index (χ1v) is 5.87. The monoisotopic (exact) mass is 202 g/mol. The van der Waals surface area contributed by atoms with Gasteiger partial charge in [0.1, 0.15) is 5.69 Å². The Morgan fingerprint density at radius 2 is 2.33 bits per heavy atom. The van der Waals surface area contributed by atoms with Crippen molar-refractivity contribution in [3.63, 3.8) is 0 Å². The molecule has 1 saturated heterocycles. The van der Waals surface area contributed by atoms with Crippen LogP contribution in [0.15, 0.2) is 18.2 Å². The zero-order valence-electron chi connectivity index (χ0n) is 9.05. The van der Waals surface area contributed by atoms with E-state index in [2.05, 4.69) is 30.6 Å². The highest BCUT2D eigenvalue weighted by molar-refractivity contribution is 5.49. The fraction of sp³-hybridized carbons (Fsp3) is 0.462. The molecule has 2 unspecified atom stereocenters. The summed E-state index contributed by atoms with van der Waals surface area (Å²) in [5.74, 6) is 0.742. The van der Waals surface area contributed by atoms with E-state index in [0.29, 0.717) is 0 Å². The molecule has 0 bridgehead atoms. The van der Waals surface area contributed by atoms with Crippen LogP contribution in [0.4, 0.5) is 5.69 Å². The Bertz CT molecular complexity index is 367. The highest BCUT2D eigenvalue weighted by Crippen LogP contribution is 2.30. The van der Waals surface area contributed by atoms with Gasteiger partial charge in [0.2, 0.25) is 0 Å². The predicted octanol–water partition coefficient (Wildman–Crippen LogP) is 0.628. The molecule has 1 fully saturated rings. The van der Waals surface area contributed by atoms with Crippen LogP contribution in [0.1, 0.15) is 23.5 Å². The highest BCUT2D eigenvalue weighted by atomic mass is 15.1. The number of rotatable bonds is 1. The third-order valence-electron chi connectivity index (χ3n) is 3.77. The number of fused-ring (bicyclic) bond motifs is 1. The number of nitrogens with one attached hydrogen (secondary N) is 2. The van der Waals surface area contributed by atoms with Crippen molar-refractivity contribution >= 4 is 5.69 Å². The molecule has 3 rings (SSSR count). The van der Waals surface area contributed by atoms with Gasteiger partial charge in [-0.25, -0.2) is 0 Å². The van der Waals surface area contributed by atoms with Crippen LogP contribution >= 0.6 is 0 Å². The quantitative estimate of drug-likeness (QED) is 0.639. The largest absolute Gasteiger partial charge is 0.434 e. The molecule has 2 atom stereocenters.